The van der Waals surface area contributed by atoms with E-state index in [4.69, 9.17) is 37.7 Å². The predicted octanol–water partition coefficient (Wildman–Crippen LogP) is 6.20. The van der Waals surface area contributed by atoms with Crippen molar-refractivity contribution in [3.63, 3.8) is 0 Å². The highest BCUT2D eigenvalue weighted by Crippen LogP contribution is 2.51. The van der Waals surface area contributed by atoms with Gasteiger partial charge in [0.2, 0.25) is 0 Å². The molecular formula is C34H33Cl2N7O4. The fraction of sp³-hybridized carbons (Fsp3) is 0.353. The first kappa shape index (κ1) is 30.0. The minimum Gasteiger partial charge on any atom is -0.478 e. The third kappa shape index (κ3) is 5.08. The van der Waals surface area contributed by atoms with Crippen LogP contribution in [0.2, 0.25) is 10.0 Å². The summed E-state index contributed by atoms with van der Waals surface area (Å²) in [5.74, 6) is 1.03. The summed E-state index contributed by atoms with van der Waals surface area (Å²) in [7, 11) is 0. The van der Waals surface area contributed by atoms with E-state index in [2.05, 4.69) is 41.9 Å². The van der Waals surface area contributed by atoms with Crippen LogP contribution < -0.4 is 14.4 Å². The Balaban J connectivity index is 1.08. The molecule has 2 aromatic carbocycles. The van der Waals surface area contributed by atoms with Gasteiger partial charge in [-0.1, -0.05) is 29.3 Å². The standard InChI is InChI=1S/C34H33Cl2N7O4/c1-3-40-12-11-37-29(40)19-43-26-16-20(33(44)45)15-22(36)31(26)39-30(43)18-41-13-14-42(24-9-8-23(24)41)25-5-4-6-27-32(25)47-34(2,46-27)28-10-7-21(35)17-38-28/h4-7,10-12,15-17,23-24H,3,8-9,13-14,18-19H2,1-2H3,(H,44,45)/t23-,24-,34-/m0/s1. The van der Waals surface area contributed by atoms with Crippen molar-refractivity contribution in [2.75, 3.05) is 18.0 Å². The number of carbonyl (C=O) groups is 1. The number of imidazole rings is 2. The molecule has 3 aromatic heterocycles. The molecule has 1 N–H and O–H groups in total. The van der Waals surface area contributed by atoms with Crippen molar-refractivity contribution in [1.82, 2.24) is 29.0 Å². The number of nitrogens with zero attached hydrogens (tertiary/aromatic N) is 7. The molecule has 0 unspecified atom stereocenters. The molecule has 0 spiro atoms. The van der Waals surface area contributed by atoms with Gasteiger partial charge in [0.1, 0.15) is 22.9 Å². The minimum atomic E-state index is -1.06. The number of aromatic carboxylic acids is 1. The Hall–Kier alpha value is -4.32. The number of halogens is 2. The van der Waals surface area contributed by atoms with Crippen molar-refractivity contribution in [2.24, 2.45) is 0 Å². The SMILES string of the molecule is CCn1ccnc1Cn1c(CN2CCN(c3cccc4c3O[C@@](C)(c3ccc(Cl)cn3)O4)[C@H]3CC[C@@H]32)nc2c(Cl)cc(C(=O)O)cc21. The maximum Gasteiger partial charge on any atom is 0.335 e. The average Bonchev–Trinajstić information content (AvgIpc) is 3.74. The molecule has 2 aliphatic heterocycles. The van der Waals surface area contributed by atoms with Gasteiger partial charge >= 0.3 is 5.97 Å². The Bertz CT molecular complexity index is 2010. The molecule has 0 bridgehead atoms. The number of ether oxygens (including phenoxy) is 2. The van der Waals surface area contributed by atoms with Gasteiger partial charge in [-0.3, -0.25) is 9.88 Å². The van der Waals surface area contributed by atoms with Crippen LogP contribution in [-0.4, -0.2) is 65.2 Å². The number of anilines is 1. The number of aromatic nitrogens is 5. The van der Waals surface area contributed by atoms with Crippen molar-refractivity contribution in [3.8, 4) is 11.5 Å². The number of carboxylic acid groups (broad SMARTS) is 1. The fourth-order valence-corrected chi connectivity index (χ4v) is 7.53. The number of hydrogen-bond donors (Lipinski definition) is 1. The van der Waals surface area contributed by atoms with Gasteiger partial charge in [-0.15, -0.1) is 0 Å². The number of pyridine rings is 1. The Labute approximate surface area is 281 Å². The molecule has 8 rings (SSSR count). The lowest BCUT2D eigenvalue weighted by molar-refractivity contribution is -0.0717. The summed E-state index contributed by atoms with van der Waals surface area (Å²) >= 11 is 12.7. The summed E-state index contributed by atoms with van der Waals surface area (Å²) in [4.78, 5) is 30.9. The molecule has 3 atom stereocenters. The Morgan fingerprint density at radius 2 is 1.89 bits per heavy atom. The predicted molar refractivity (Wildman–Crippen MR) is 178 cm³/mol. The van der Waals surface area contributed by atoms with Gasteiger partial charge in [0, 0.05) is 57.2 Å². The molecule has 47 heavy (non-hydrogen) atoms. The molecule has 11 nitrogen and oxygen atoms in total. The number of para-hydroxylation sites is 1. The number of rotatable bonds is 8. The third-order valence-electron chi connectivity index (χ3n) is 9.68. The van der Waals surface area contributed by atoms with E-state index >= 15 is 0 Å². The van der Waals surface area contributed by atoms with Crippen LogP contribution >= 0.6 is 23.2 Å². The van der Waals surface area contributed by atoms with Crippen LogP contribution in [0.3, 0.4) is 0 Å². The van der Waals surface area contributed by atoms with Crippen molar-refractivity contribution < 1.29 is 19.4 Å². The second kappa shape index (κ2) is 11.4. The van der Waals surface area contributed by atoms with Crippen molar-refractivity contribution >= 4 is 45.9 Å². The Kier molecular flexibility index (Phi) is 7.31. The lowest BCUT2D eigenvalue weighted by Gasteiger charge is -2.54. The summed E-state index contributed by atoms with van der Waals surface area (Å²) in [5, 5.41) is 10.6. The van der Waals surface area contributed by atoms with E-state index < -0.39 is 11.8 Å². The molecule has 5 heterocycles. The fourth-order valence-electron chi connectivity index (χ4n) is 7.16. The van der Waals surface area contributed by atoms with E-state index in [1.807, 2.05) is 31.3 Å². The number of benzene rings is 2. The first-order valence-electron chi connectivity index (χ1n) is 15.8. The lowest BCUT2D eigenvalue weighted by Crippen LogP contribution is -2.64. The number of aryl methyl sites for hydroxylation is 1. The molecule has 0 amide bonds. The van der Waals surface area contributed by atoms with Gasteiger partial charge in [0.25, 0.3) is 5.79 Å². The molecule has 1 saturated carbocycles. The van der Waals surface area contributed by atoms with Crippen molar-refractivity contribution in [1.29, 1.82) is 0 Å². The molecule has 13 heteroatoms. The van der Waals surface area contributed by atoms with E-state index in [1.165, 1.54) is 6.07 Å². The molecule has 1 aliphatic carbocycles. The quantitative estimate of drug-likeness (QED) is 0.206. The molecule has 0 radical (unpaired) electrons. The largest absolute Gasteiger partial charge is 0.478 e. The highest BCUT2D eigenvalue weighted by molar-refractivity contribution is 6.35. The second-order valence-corrected chi connectivity index (χ2v) is 13.2. The number of fused-ring (bicyclic) bond motifs is 3. The minimum absolute atomic E-state index is 0.131. The first-order valence-corrected chi connectivity index (χ1v) is 16.5. The van der Waals surface area contributed by atoms with E-state index in [0.29, 0.717) is 57.7 Å². The molecule has 3 aliphatic rings. The van der Waals surface area contributed by atoms with Crippen LogP contribution in [0.25, 0.3) is 11.0 Å². The normalized spacial score (nSPS) is 22.0. The summed E-state index contributed by atoms with van der Waals surface area (Å²) in [6.45, 7) is 7.38. The van der Waals surface area contributed by atoms with Gasteiger partial charge < -0.3 is 28.6 Å². The zero-order valence-electron chi connectivity index (χ0n) is 25.9. The van der Waals surface area contributed by atoms with Gasteiger partial charge in [0.15, 0.2) is 11.5 Å². The Morgan fingerprint density at radius 3 is 2.64 bits per heavy atom. The monoisotopic (exact) mass is 673 g/mol. The first-order chi connectivity index (χ1) is 22.7. The zero-order valence-corrected chi connectivity index (χ0v) is 27.4. The summed E-state index contributed by atoms with van der Waals surface area (Å²) in [5.41, 5.74) is 3.08. The van der Waals surface area contributed by atoms with E-state index in [1.54, 1.807) is 24.5 Å². The van der Waals surface area contributed by atoms with Crippen LogP contribution in [0.1, 0.15) is 54.4 Å². The van der Waals surface area contributed by atoms with E-state index in [-0.39, 0.29) is 5.56 Å². The smallest absolute Gasteiger partial charge is 0.335 e. The summed E-state index contributed by atoms with van der Waals surface area (Å²) in [6.07, 6.45) is 7.45. The van der Waals surface area contributed by atoms with Crippen molar-refractivity contribution in [3.05, 3.63) is 94.0 Å². The van der Waals surface area contributed by atoms with Crippen LogP contribution in [-0.2, 0) is 25.4 Å². The van der Waals surface area contributed by atoms with Crippen LogP contribution in [0.15, 0.2) is 61.1 Å². The summed E-state index contributed by atoms with van der Waals surface area (Å²) in [6, 6.07) is 13.4. The maximum atomic E-state index is 11.9. The molecule has 5 aromatic rings. The number of hydrogen-bond acceptors (Lipinski definition) is 8. The zero-order chi connectivity index (χ0) is 32.4. The van der Waals surface area contributed by atoms with Crippen LogP contribution in [0.5, 0.6) is 11.5 Å². The number of carboxylic acids is 1. The topological polar surface area (TPSA) is 111 Å². The second-order valence-electron chi connectivity index (χ2n) is 12.4. The average molecular weight is 675 g/mol. The van der Waals surface area contributed by atoms with Gasteiger partial charge in [-0.2, -0.15) is 0 Å². The van der Waals surface area contributed by atoms with Gasteiger partial charge in [0.05, 0.1) is 39.9 Å². The maximum absolute atomic E-state index is 11.9. The third-order valence-corrected chi connectivity index (χ3v) is 10.2. The number of piperazine rings is 1. The van der Waals surface area contributed by atoms with E-state index in [9.17, 15) is 9.90 Å². The molecule has 1 saturated heterocycles. The molecule has 242 valence electrons. The molecular weight excluding hydrogens is 641 g/mol. The van der Waals surface area contributed by atoms with E-state index in [0.717, 1.165) is 55.6 Å². The van der Waals surface area contributed by atoms with Crippen LogP contribution in [0.4, 0.5) is 5.69 Å². The molecule has 2 fully saturated rings. The summed E-state index contributed by atoms with van der Waals surface area (Å²) < 4.78 is 17.0. The van der Waals surface area contributed by atoms with Crippen molar-refractivity contribution in [2.45, 2.75) is 64.2 Å². The van der Waals surface area contributed by atoms with Crippen LogP contribution in [0, 0.1) is 0 Å². The lowest BCUT2D eigenvalue weighted by atomic mass is 9.81. The van der Waals surface area contributed by atoms with Gasteiger partial charge in [-0.05, 0) is 56.2 Å². The Morgan fingerprint density at radius 1 is 1.04 bits per heavy atom. The highest BCUT2D eigenvalue weighted by atomic mass is 35.5. The van der Waals surface area contributed by atoms with Gasteiger partial charge in [-0.25, -0.2) is 14.8 Å². The highest BCUT2D eigenvalue weighted by Gasteiger charge is 2.47.